The summed E-state index contributed by atoms with van der Waals surface area (Å²) in [4.78, 5) is 162. The van der Waals surface area contributed by atoms with Crippen LogP contribution in [0.3, 0.4) is 0 Å². The Bertz CT molecular complexity index is 2490. The number of rotatable bonds is 19. The molecule has 82 heavy (non-hydrogen) atoms. The molecule has 4 rings (SSSR count). The number of carbonyl (C=O) groups excluding carboxylic acids is 11. The highest BCUT2D eigenvalue weighted by atomic mass is 33.1. The number of carboxylic acids is 1. The topological polar surface area (TPSA) is 601 Å². The second kappa shape index (κ2) is 39.1. The van der Waals surface area contributed by atoms with E-state index in [1.54, 1.807) is 42.5 Å². The minimum Gasteiger partial charge on any atom is -0.508 e. The van der Waals surface area contributed by atoms with Gasteiger partial charge in [-0.25, -0.2) is 0 Å². The third-order valence-electron chi connectivity index (χ3n) is 11.5. The average Bonchev–Trinajstić information content (AvgIpc) is 3.87. The molecule has 0 saturated carbocycles. The number of hydrogen-bond acceptors (Lipinski definition) is 16. The van der Waals surface area contributed by atoms with Gasteiger partial charge in [-0.2, -0.15) is 0 Å². The molecule has 27 N–H and O–H groups in total. The molecule has 2 heterocycles. The van der Waals surface area contributed by atoms with Gasteiger partial charge in [-0.3, -0.25) is 62.5 Å². The van der Waals surface area contributed by atoms with Gasteiger partial charge in [0.2, 0.25) is 65.0 Å². The van der Waals surface area contributed by atoms with E-state index in [1.807, 2.05) is 0 Å². The van der Waals surface area contributed by atoms with E-state index in [4.69, 9.17) is 38.6 Å². The third-order valence-corrected chi connectivity index (χ3v) is 13.9. The van der Waals surface area contributed by atoms with Gasteiger partial charge in [0.15, 0.2) is 5.96 Å². The highest BCUT2D eigenvalue weighted by molar-refractivity contribution is 8.76. The molecule has 34 heteroatoms. The molecule has 7 unspecified atom stereocenters. The summed E-state index contributed by atoms with van der Waals surface area (Å²) in [6, 6.07) is 4.52. The van der Waals surface area contributed by atoms with Crippen molar-refractivity contribution < 1.29 is 89.7 Å². The number of nitrogens with two attached hydrogens (primary N) is 5. The first-order valence-corrected chi connectivity index (χ1v) is 27.0. The Morgan fingerprint density at radius 3 is 1.84 bits per heavy atom. The number of nitrogens with one attached hydrogen (secondary N) is 7. The summed E-state index contributed by atoms with van der Waals surface area (Å²) < 4.78 is 0. The van der Waals surface area contributed by atoms with Crippen LogP contribution in [0.15, 0.2) is 59.6 Å². The van der Waals surface area contributed by atoms with Crippen LogP contribution in [0.4, 0.5) is 0 Å². The Morgan fingerprint density at radius 2 is 1.27 bits per heavy atom. The molecule has 11 amide bonds. The second-order valence-corrected chi connectivity index (χ2v) is 20.5. The molecule has 2 aliphatic heterocycles. The van der Waals surface area contributed by atoms with E-state index < -0.39 is 139 Å². The first kappa shape index (κ1) is 75.8. The summed E-state index contributed by atoms with van der Waals surface area (Å²) in [5.41, 5.74) is 28.1. The molecular weight excluding hydrogens is 1120 g/mol. The van der Waals surface area contributed by atoms with Crippen molar-refractivity contribution in [1.29, 1.82) is 0 Å². The van der Waals surface area contributed by atoms with Crippen LogP contribution in [-0.2, 0) is 70.4 Å². The largest absolute Gasteiger partial charge is 0.508 e. The maximum atomic E-state index is 14.6. The number of amides is 11. The number of carbonyl (C=O) groups is 12. The molecule has 458 valence electrons. The van der Waals surface area contributed by atoms with E-state index in [0.717, 1.165) is 28.5 Å². The highest BCUT2D eigenvalue weighted by Crippen LogP contribution is 2.26. The lowest BCUT2D eigenvalue weighted by Crippen LogP contribution is -2.61. The minimum absolute atomic E-state index is 0. The second-order valence-electron chi connectivity index (χ2n) is 17.9. The number of likely N-dealkylation sites (tertiary alicyclic amines) is 1. The van der Waals surface area contributed by atoms with Crippen molar-refractivity contribution in [2.75, 3.05) is 31.1 Å². The number of benzene rings is 2. The minimum atomic E-state index is -1.77. The number of phenolic OH excluding ortho intramolecular Hbond substituents is 1. The maximum absolute atomic E-state index is 14.6. The van der Waals surface area contributed by atoms with Crippen molar-refractivity contribution in [2.24, 2.45) is 33.7 Å². The molecule has 2 aromatic rings. The van der Waals surface area contributed by atoms with Crippen LogP contribution in [0, 0.1) is 0 Å². The molecule has 0 aromatic heterocycles. The Hall–Kier alpha value is -8.31. The van der Waals surface area contributed by atoms with Gasteiger partial charge in [0.25, 0.3) is 5.97 Å². The summed E-state index contributed by atoms with van der Waals surface area (Å²) in [5.74, 6) is -10.6. The van der Waals surface area contributed by atoms with Crippen molar-refractivity contribution in [2.45, 2.75) is 113 Å². The van der Waals surface area contributed by atoms with Gasteiger partial charge in [0.05, 0.1) is 13.0 Å². The van der Waals surface area contributed by atoms with Crippen molar-refractivity contribution >= 4 is 98.5 Å². The van der Waals surface area contributed by atoms with Crippen LogP contribution < -0.4 is 65.9 Å². The molecule has 0 radical (unpaired) electrons. The fourth-order valence-corrected chi connectivity index (χ4v) is 9.93. The Balaban J connectivity index is 0. The molecule has 2 aliphatic rings. The van der Waals surface area contributed by atoms with Gasteiger partial charge in [0, 0.05) is 57.2 Å². The average molecular weight is 1200 g/mol. The number of carboxylic acid groups (broad SMARTS) is 1. The predicted octanol–water partition coefficient (Wildman–Crippen LogP) is -7.55. The van der Waals surface area contributed by atoms with Crippen LogP contribution in [-0.4, -0.2) is 187 Å². The molecule has 2 fully saturated rings. The number of hydrogen-bond donors (Lipinski definition) is 14. The first-order chi connectivity index (χ1) is 36.9. The van der Waals surface area contributed by atoms with Crippen LogP contribution >= 0.6 is 21.6 Å². The van der Waals surface area contributed by atoms with Crippen molar-refractivity contribution in [3.63, 3.8) is 0 Å². The van der Waals surface area contributed by atoms with Crippen molar-refractivity contribution in [3.8, 4) is 5.75 Å². The molecule has 0 bridgehead atoms. The monoisotopic (exact) mass is 1200 g/mol. The summed E-state index contributed by atoms with van der Waals surface area (Å²) in [7, 11) is 2.19. The summed E-state index contributed by atoms with van der Waals surface area (Å²) in [6.07, 6.45) is -1.34. The SMILES string of the molecule is CC(=O)O.NC(=O)CCC1NC(=O)C(Cc2ccccc2)NC(=O)C(Cc2ccc(O)cc2)NC(=O)CCSSCC(C(=O)N2CCCC2C(=O)NC(CCCN=C(N)N)C(=O)NCC(N)=O)NC(=O)C(CC(N)=O)NC1=O.O.O.O.O. The first-order valence-electron chi connectivity index (χ1n) is 24.5. The maximum Gasteiger partial charge on any atom is 0.300 e. The Kier molecular flexibility index (Phi) is 36.2. The lowest BCUT2D eigenvalue weighted by atomic mass is 10.0. The number of phenols is 1. The molecule has 0 aliphatic carbocycles. The third kappa shape index (κ3) is 28.2. The van der Waals surface area contributed by atoms with Gasteiger partial charge in [-0.15, -0.1) is 0 Å². The molecule has 32 nitrogen and oxygen atoms in total. The van der Waals surface area contributed by atoms with E-state index in [2.05, 4.69) is 42.2 Å². The quantitative estimate of drug-likeness (QED) is 0.0269. The number of primary amides is 3. The van der Waals surface area contributed by atoms with E-state index in [-0.39, 0.29) is 96.7 Å². The fourth-order valence-electron chi connectivity index (χ4n) is 7.78. The Labute approximate surface area is 478 Å². The molecular formula is C48H76N14O18S2. The molecule has 0 spiro atoms. The number of aliphatic imine (C=N–C) groups is 1. The van der Waals surface area contributed by atoms with E-state index in [1.165, 1.54) is 17.0 Å². The number of nitrogens with zero attached hydrogens (tertiary/aromatic N) is 2. The summed E-state index contributed by atoms with van der Waals surface area (Å²) in [5, 5.41) is 35.2. The predicted molar refractivity (Wildman–Crippen MR) is 300 cm³/mol. The van der Waals surface area contributed by atoms with E-state index in [9.17, 15) is 57.8 Å². The zero-order valence-corrected chi connectivity index (χ0v) is 46.4. The zero-order chi connectivity index (χ0) is 57.9. The van der Waals surface area contributed by atoms with Gasteiger partial charge in [-0.05, 0) is 55.4 Å². The molecule has 2 saturated heterocycles. The molecule has 2 aromatic carbocycles. The standard InChI is InChI=1S/C46H64N14O12S2.C2H4O2.4H2O/c47-35(62)15-14-29-40(67)58-32(22-36(48)63)43(70)59-33(45(72)60-18-5-9-34(60)44(71)56-28(8-4-17-52-46(50)51)39(66)53-23-37(49)64)24-74-73-19-16-38(65)54-30(21-26-10-12-27(61)13-11-26)41(68)57-31(42(69)55-29)20-25-6-2-1-3-7-25;1-2(3)4;;;;/h1-3,6-7,10-13,28-34,61H,4-5,8-9,14-24H2,(H2,47,62)(H2,48,63)(H2,49,64)(H,53,66)(H,54,65)(H,55,69)(H,56,71)(H,57,68)(H,58,67)(H,59,70)(H4,50,51,52);1H3,(H,3,4);4*1H2. The van der Waals surface area contributed by atoms with Gasteiger partial charge >= 0.3 is 0 Å². The zero-order valence-electron chi connectivity index (χ0n) is 44.7. The van der Waals surface area contributed by atoms with E-state index in [0.29, 0.717) is 17.5 Å². The van der Waals surface area contributed by atoms with Crippen molar-refractivity contribution in [3.05, 3.63) is 65.7 Å². The van der Waals surface area contributed by atoms with Crippen LogP contribution in [0.25, 0.3) is 0 Å². The van der Waals surface area contributed by atoms with Crippen LogP contribution in [0.5, 0.6) is 5.75 Å². The number of aromatic hydroxyl groups is 1. The lowest BCUT2D eigenvalue weighted by Gasteiger charge is -2.31. The van der Waals surface area contributed by atoms with Crippen molar-refractivity contribution in [1.82, 2.24) is 42.1 Å². The number of guanidine groups is 1. The van der Waals surface area contributed by atoms with E-state index >= 15 is 0 Å². The number of aliphatic carboxylic acids is 1. The molecule has 7 atom stereocenters. The summed E-state index contributed by atoms with van der Waals surface area (Å²) >= 11 is 0. The highest BCUT2D eigenvalue weighted by Gasteiger charge is 2.40. The van der Waals surface area contributed by atoms with Crippen LogP contribution in [0.2, 0.25) is 0 Å². The lowest BCUT2D eigenvalue weighted by molar-refractivity contribution is -0.142. The Morgan fingerprint density at radius 1 is 0.720 bits per heavy atom. The van der Waals surface area contributed by atoms with Crippen LogP contribution in [0.1, 0.15) is 69.4 Å². The van der Waals surface area contributed by atoms with Gasteiger partial charge < -0.3 is 103 Å². The normalized spacial score (nSPS) is 19.9. The van der Waals surface area contributed by atoms with Gasteiger partial charge in [-0.1, -0.05) is 64.1 Å². The van der Waals surface area contributed by atoms with Gasteiger partial charge in [0.1, 0.15) is 48.0 Å². The summed E-state index contributed by atoms with van der Waals surface area (Å²) in [6.45, 7) is 0.682. The smallest absolute Gasteiger partial charge is 0.300 e. The fraction of sp³-hybridized carbons (Fsp3) is 0.479.